The van der Waals surface area contributed by atoms with Crippen LogP contribution < -0.4 is 0 Å². The van der Waals surface area contributed by atoms with Crippen LogP contribution in [0.4, 0.5) is 0 Å². The van der Waals surface area contributed by atoms with Crippen molar-refractivity contribution in [1.29, 1.82) is 0 Å². The average molecular weight is 208 g/mol. The van der Waals surface area contributed by atoms with Gasteiger partial charge >= 0.3 is 5.97 Å². The number of aryl methyl sites for hydroxylation is 2. The van der Waals surface area contributed by atoms with Crippen molar-refractivity contribution < 1.29 is 14.3 Å². The van der Waals surface area contributed by atoms with Crippen LogP contribution in [0.15, 0.2) is 10.5 Å². The molecule has 3 nitrogen and oxygen atoms in total. The molecule has 0 amide bonds. The molecule has 0 aromatic carbocycles. The van der Waals surface area contributed by atoms with Gasteiger partial charge in [0.1, 0.15) is 11.5 Å². The van der Waals surface area contributed by atoms with Crippen molar-refractivity contribution in [3.63, 3.8) is 0 Å². The molecule has 2 rings (SSSR count). The van der Waals surface area contributed by atoms with Crippen molar-refractivity contribution in [3.8, 4) is 0 Å². The Labute approximate surface area is 89.1 Å². The Kier molecular flexibility index (Phi) is 1.97. The zero-order chi connectivity index (χ0) is 11.4. The SMILES string of the molecule is Cc1cc([C@H]2[C@H](C(=O)O)C2(C)C)c(C)o1. The lowest BCUT2D eigenvalue weighted by atomic mass is 10.0. The minimum Gasteiger partial charge on any atom is -0.481 e. The van der Waals surface area contributed by atoms with Crippen LogP contribution in [0.2, 0.25) is 0 Å². The number of rotatable bonds is 2. The van der Waals surface area contributed by atoms with Crippen molar-refractivity contribution in [2.45, 2.75) is 33.6 Å². The molecule has 1 N–H and O–H groups in total. The Morgan fingerprint density at radius 2 is 2.07 bits per heavy atom. The third kappa shape index (κ3) is 1.37. The van der Waals surface area contributed by atoms with Crippen LogP contribution in [-0.2, 0) is 4.79 Å². The van der Waals surface area contributed by atoms with Crippen molar-refractivity contribution in [1.82, 2.24) is 0 Å². The maximum absolute atomic E-state index is 11.0. The van der Waals surface area contributed by atoms with Gasteiger partial charge in [0.05, 0.1) is 5.92 Å². The van der Waals surface area contributed by atoms with Crippen molar-refractivity contribution in [2.24, 2.45) is 11.3 Å². The van der Waals surface area contributed by atoms with E-state index in [1.165, 1.54) is 0 Å². The number of furan rings is 1. The largest absolute Gasteiger partial charge is 0.481 e. The van der Waals surface area contributed by atoms with Gasteiger partial charge in [-0.2, -0.15) is 0 Å². The summed E-state index contributed by atoms with van der Waals surface area (Å²) in [5, 5.41) is 9.09. The minimum atomic E-state index is -0.705. The molecular weight excluding hydrogens is 192 g/mol. The van der Waals surface area contributed by atoms with E-state index in [0.29, 0.717) is 0 Å². The lowest BCUT2D eigenvalue weighted by Crippen LogP contribution is -2.03. The second kappa shape index (κ2) is 2.87. The van der Waals surface area contributed by atoms with E-state index in [9.17, 15) is 4.79 Å². The van der Waals surface area contributed by atoms with Gasteiger partial charge in [-0.15, -0.1) is 0 Å². The van der Waals surface area contributed by atoms with Gasteiger partial charge in [0.15, 0.2) is 0 Å². The monoisotopic (exact) mass is 208 g/mol. The third-order valence-corrected chi connectivity index (χ3v) is 3.51. The molecule has 1 aliphatic carbocycles. The Morgan fingerprint density at radius 3 is 2.40 bits per heavy atom. The summed E-state index contributed by atoms with van der Waals surface area (Å²) in [6.07, 6.45) is 0. The highest BCUT2D eigenvalue weighted by molar-refractivity contribution is 5.77. The molecule has 1 fully saturated rings. The molecule has 0 saturated heterocycles. The van der Waals surface area contributed by atoms with E-state index in [1.54, 1.807) is 0 Å². The summed E-state index contributed by atoms with van der Waals surface area (Å²) in [5.41, 5.74) is 0.914. The zero-order valence-corrected chi connectivity index (χ0v) is 9.50. The van der Waals surface area contributed by atoms with Gasteiger partial charge in [-0.1, -0.05) is 13.8 Å². The quantitative estimate of drug-likeness (QED) is 0.813. The Bertz CT molecular complexity index is 415. The summed E-state index contributed by atoms with van der Waals surface area (Å²) in [4.78, 5) is 11.0. The highest BCUT2D eigenvalue weighted by Crippen LogP contribution is 2.65. The Morgan fingerprint density at radius 1 is 1.47 bits per heavy atom. The van der Waals surface area contributed by atoms with Crippen molar-refractivity contribution in [3.05, 3.63) is 23.2 Å². The summed E-state index contributed by atoms with van der Waals surface area (Å²) in [6, 6.07) is 1.96. The van der Waals surface area contributed by atoms with Gasteiger partial charge in [0.2, 0.25) is 0 Å². The predicted molar refractivity (Wildman–Crippen MR) is 55.8 cm³/mol. The average Bonchev–Trinajstić information content (AvgIpc) is 2.48. The number of hydrogen-bond acceptors (Lipinski definition) is 2. The molecule has 0 unspecified atom stereocenters. The fourth-order valence-electron chi connectivity index (χ4n) is 2.64. The van der Waals surface area contributed by atoms with E-state index in [-0.39, 0.29) is 17.3 Å². The lowest BCUT2D eigenvalue weighted by molar-refractivity contribution is -0.139. The molecule has 0 radical (unpaired) electrons. The maximum Gasteiger partial charge on any atom is 0.307 e. The number of hydrogen-bond donors (Lipinski definition) is 1. The first-order chi connectivity index (χ1) is 6.85. The molecule has 15 heavy (non-hydrogen) atoms. The number of carboxylic acid groups (broad SMARTS) is 1. The standard InChI is InChI=1S/C12H16O3/c1-6-5-8(7(2)15-6)9-10(11(13)14)12(9,3)4/h5,9-10H,1-4H3,(H,13,14)/t9-,10+/m0/s1. The number of carbonyl (C=O) groups is 1. The summed E-state index contributed by atoms with van der Waals surface area (Å²) in [5.74, 6) is 0.840. The first-order valence-corrected chi connectivity index (χ1v) is 5.15. The molecule has 3 heteroatoms. The summed E-state index contributed by atoms with van der Waals surface area (Å²) in [7, 11) is 0. The van der Waals surface area contributed by atoms with E-state index in [1.807, 2.05) is 33.8 Å². The van der Waals surface area contributed by atoms with Crippen molar-refractivity contribution >= 4 is 5.97 Å². The second-order valence-electron chi connectivity index (χ2n) is 4.98. The fraction of sp³-hybridized carbons (Fsp3) is 0.583. The predicted octanol–water partition coefficient (Wildman–Crippen LogP) is 2.72. The Hall–Kier alpha value is -1.25. The molecule has 82 valence electrons. The highest BCUT2D eigenvalue weighted by Gasteiger charge is 2.63. The van der Waals surface area contributed by atoms with E-state index < -0.39 is 5.97 Å². The highest BCUT2D eigenvalue weighted by atomic mass is 16.4. The van der Waals surface area contributed by atoms with E-state index in [4.69, 9.17) is 9.52 Å². The molecular formula is C12H16O3. The zero-order valence-electron chi connectivity index (χ0n) is 9.50. The number of aliphatic carboxylic acids is 1. The smallest absolute Gasteiger partial charge is 0.307 e. The molecule has 1 aromatic heterocycles. The molecule has 0 spiro atoms. The fourth-order valence-corrected chi connectivity index (χ4v) is 2.64. The molecule has 1 aliphatic rings. The van der Waals surface area contributed by atoms with Gasteiger partial charge < -0.3 is 9.52 Å². The second-order valence-corrected chi connectivity index (χ2v) is 4.98. The van der Waals surface area contributed by atoms with Gasteiger partial charge in [-0.25, -0.2) is 0 Å². The normalized spacial score (nSPS) is 27.7. The molecule has 1 heterocycles. The molecule has 1 saturated carbocycles. The number of carboxylic acids is 1. The van der Waals surface area contributed by atoms with Crippen LogP contribution >= 0.6 is 0 Å². The van der Waals surface area contributed by atoms with Crippen LogP contribution in [0.5, 0.6) is 0 Å². The molecule has 1 aromatic rings. The molecule has 0 aliphatic heterocycles. The van der Waals surface area contributed by atoms with E-state index in [0.717, 1.165) is 17.1 Å². The van der Waals surface area contributed by atoms with Crippen LogP contribution in [0.3, 0.4) is 0 Å². The minimum absolute atomic E-state index is 0.104. The van der Waals surface area contributed by atoms with Gasteiger partial charge in [-0.3, -0.25) is 4.79 Å². The van der Waals surface area contributed by atoms with Crippen molar-refractivity contribution in [2.75, 3.05) is 0 Å². The third-order valence-electron chi connectivity index (χ3n) is 3.51. The topological polar surface area (TPSA) is 50.4 Å². The van der Waals surface area contributed by atoms with Gasteiger partial charge in [0.25, 0.3) is 0 Å². The summed E-state index contributed by atoms with van der Waals surface area (Å²) < 4.78 is 5.44. The van der Waals surface area contributed by atoms with Crippen LogP contribution in [0, 0.1) is 25.2 Å². The Balaban J connectivity index is 2.35. The van der Waals surface area contributed by atoms with Gasteiger partial charge in [0, 0.05) is 5.92 Å². The van der Waals surface area contributed by atoms with E-state index in [2.05, 4.69) is 0 Å². The summed E-state index contributed by atoms with van der Waals surface area (Å²) in [6.45, 7) is 7.79. The maximum atomic E-state index is 11.0. The summed E-state index contributed by atoms with van der Waals surface area (Å²) >= 11 is 0. The first kappa shape index (κ1) is 10.3. The van der Waals surface area contributed by atoms with Gasteiger partial charge in [-0.05, 0) is 30.9 Å². The molecule has 2 atom stereocenters. The van der Waals surface area contributed by atoms with Crippen LogP contribution in [0.25, 0.3) is 0 Å². The lowest BCUT2D eigenvalue weighted by Gasteiger charge is -1.99. The van der Waals surface area contributed by atoms with E-state index >= 15 is 0 Å². The van der Waals surface area contributed by atoms with Crippen LogP contribution in [-0.4, -0.2) is 11.1 Å². The van der Waals surface area contributed by atoms with Crippen LogP contribution in [0.1, 0.15) is 36.8 Å². The first-order valence-electron chi connectivity index (χ1n) is 5.15. The molecule has 0 bridgehead atoms.